The Labute approximate surface area is 301 Å². The summed E-state index contributed by atoms with van der Waals surface area (Å²) in [6.07, 6.45) is 0. The molecule has 0 aliphatic heterocycles. The van der Waals surface area contributed by atoms with E-state index >= 15 is 0 Å². The zero-order valence-corrected chi connectivity index (χ0v) is 29.0. The lowest BCUT2D eigenvalue weighted by atomic mass is 9.85. The minimum absolute atomic E-state index is 1.04. The molecule has 0 saturated heterocycles. The minimum atomic E-state index is 1.04. The molecule has 10 rings (SSSR count). The minimum Gasteiger partial charge on any atom is -0.309 e. The monoisotopic (exact) mass is 667 g/mol. The molecule has 8 aromatic carbocycles. The van der Waals surface area contributed by atoms with Crippen LogP contribution in [0.25, 0.3) is 86.3 Å². The number of benzene rings is 8. The smallest absolute Gasteiger partial charge is 0.0541 e. The van der Waals surface area contributed by atoms with E-state index in [1.807, 2.05) is 11.3 Å². The summed E-state index contributed by atoms with van der Waals surface area (Å²) in [6.45, 7) is 7.07. The van der Waals surface area contributed by atoms with Gasteiger partial charge >= 0.3 is 0 Å². The van der Waals surface area contributed by atoms with Crippen molar-refractivity contribution in [1.82, 2.24) is 4.57 Å². The van der Waals surface area contributed by atoms with Crippen molar-refractivity contribution in [3.8, 4) is 27.9 Å². The zero-order chi connectivity index (χ0) is 34.1. The number of hydrogen-bond acceptors (Lipinski definition) is 1. The maximum atomic E-state index is 4.85. The van der Waals surface area contributed by atoms with Crippen molar-refractivity contribution in [1.29, 1.82) is 0 Å². The van der Waals surface area contributed by atoms with Crippen LogP contribution in [0.4, 0.5) is 0 Å². The molecule has 0 spiro atoms. The Balaban J connectivity index is 1.30. The fourth-order valence-corrected chi connectivity index (χ4v) is 9.34. The van der Waals surface area contributed by atoms with Crippen LogP contribution in [0.1, 0.15) is 16.7 Å². The number of aromatic nitrogens is 1. The van der Waals surface area contributed by atoms with Gasteiger partial charge in [-0.15, -0.1) is 11.3 Å². The second-order valence-electron chi connectivity index (χ2n) is 13.4. The SMILES string of the molecule is C=C(c1ccc2ccccc2c1)c1c(-c2ccccc2C)cc(-c2ccc3c(c2)c2ccccc2n3-c2ccccc2)c2c1sc1ccccc12. The van der Waals surface area contributed by atoms with Crippen LogP contribution in [0, 0.1) is 6.92 Å². The van der Waals surface area contributed by atoms with Crippen LogP contribution >= 0.6 is 11.3 Å². The Hall–Kier alpha value is -6.22. The van der Waals surface area contributed by atoms with Crippen LogP contribution in [0.2, 0.25) is 0 Å². The van der Waals surface area contributed by atoms with Gasteiger partial charge in [-0.3, -0.25) is 0 Å². The first-order valence-corrected chi connectivity index (χ1v) is 18.3. The van der Waals surface area contributed by atoms with Gasteiger partial charge in [0.2, 0.25) is 0 Å². The van der Waals surface area contributed by atoms with E-state index in [2.05, 4.69) is 181 Å². The topological polar surface area (TPSA) is 4.93 Å². The molecule has 0 aliphatic carbocycles. The molecule has 1 nitrogen and oxygen atoms in total. The van der Waals surface area contributed by atoms with E-state index < -0.39 is 0 Å². The number of fused-ring (bicyclic) bond motifs is 7. The summed E-state index contributed by atoms with van der Waals surface area (Å²) < 4.78 is 4.95. The number of hydrogen-bond donors (Lipinski definition) is 0. The fraction of sp³-hybridized carbons (Fsp3) is 0.0204. The molecule has 10 aromatic rings. The highest BCUT2D eigenvalue weighted by atomic mass is 32.1. The van der Waals surface area contributed by atoms with Gasteiger partial charge in [-0.1, -0.05) is 128 Å². The van der Waals surface area contributed by atoms with Crippen molar-refractivity contribution >= 4 is 69.7 Å². The number of aryl methyl sites for hydroxylation is 1. The number of thiophene rings is 1. The summed E-state index contributed by atoms with van der Waals surface area (Å²) >= 11 is 1.88. The molecule has 51 heavy (non-hydrogen) atoms. The second-order valence-corrected chi connectivity index (χ2v) is 14.5. The van der Waals surface area contributed by atoms with Gasteiger partial charge in [0, 0.05) is 42.2 Å². The van der Waals surface area contributed by atoms with E-state index in [4.69, 9.17) is 6.58 Å². The molecule has 0 atom stereocenters. The first kappa shape index (κ1) is 29.7. The molecular weight excluding hydrogens is 635 g/mol. The average Bonchev–Trinajstić information content (AvgIpc) is 3.73. The van der Waals surface area contributed by atoms with Gasteiger partial charge in [0.25, 0.3) is 0 Å². The second kappa shape index (κ2) is 11.7. The summed E-state index contributed by atoms with van der Waals surface area (Å²) in [5.74, 6) is 0. The molecule has 0 bridgehead atoms. The summed E-state index contributed by atoms with van der Waals surface area (Å²) in [6, 6.07) is 61.9. The molecule has 0 N–H and O–H groups in total. The standard InChI is InChI=1S/C49H33NS/c1-31-14-6-9-19-38(31)43-30-41(36-26-27-45-42(29-36)39-20-10-12-22-44(39)50(45)37-17-4-3-5-18-37)48-40-21-11-13-23-46(40)51-49(48)47(43)32(2)34-25-24-33-15-7-8-16-35(33)28-34/h3-30H,2H2,1H3. The van der Waals surface area contributed by atoms with E-state index in [-0.39, 0.29) is 0 Å². The van der Waals surface area contributed by atoms with Crippen molar-refractivity contribution in [3.05, 3.63) is 193 Å². The highest BCUT2D eigenvalue weighted by Crippen LogP contribution is 2.49. The molecule has 0 radical (unpaired) electrons. The Kier molecular flexibility index (Phi) is 6.80. The quantitative estimate of drug-likeness (QED) is 0.172. The average molecular weight is 668 g/mol. The summed E-state index contributed by atoms with van der Waals surface area (Å²) in [5.41, 5.74) is 13.1. The first-order chi connectivity index (χ1) is 25.1. The molecule has 2 heterocycles. The highest BCUT2D eigenvalue weighted by Gasteiger charge is 2.23. The third kappa shape index (κ3) is 4.68. The van der Waals surface area contributed by atoms with Crippen molar-refractivity contribution in [2.45, 2.75) is 6.92 Å². The molecular formula is C49H33NS. The molecule has 240 valence electrons. The van der Waals surface area contributed by atoms with E-state index in [1.54, 1.807) is 0 Å². The molecule has 0 aliphatic rings. The maximum absolute atomic E-state index is 4.85. The largest absolute Gasteiger partial charge is 0.309 e. The van der Waals surface area contributed by atoms with Gasteiger partial charge in [-0.05, 0) is 105 Å². The maximum Gasteiger partial charge on any atom is 0.0541 e. The lowest BCUT2D eigenvalue weighted by Crippen LogP contribution is -1.96. The van der Waals surface area contributed by atoms with Gasteiger partial charge in [0.15, 0.2) is 0 Å². The van der Waals surface area contributed by atoms with Crippen molar-refractivity contribution < 1.29 is 0 Å². The fourth-order valence-electron chi connectivity index (χ4n) is 8.03. The molecule has 2 heteroatoms. The Morgan fingerprint density at radius 2 is 1.24 bits per heavy atom. The van der Waals surface area contributed by atoms with Gasteiger partial charge < -0.3 is 4.57 Å². The molecule has 0 saturated carbocycles. The van der Waals surface area contributed by atoms with E-state index in [0.29, 0.717) is 0 Å². The molecule has 0 amide bonds. The van der Waals surface area contributed by atoms with Gasteiger partial charge in [0.05, 0.1) is 11.0 Å². The van der Waals surface area contributed by atoms with Crippen molar-refractivity contribution in [2.24, 2.45) is 0 Å². The predicted octanol–water partition coefficient (Wildman–Crippen LogP) is 14.0. The van der Waals surface area contributed by atoms with Gasteiger partial charge in [-0.25, -0.2) is 0 Å². The van der Waals surface area contributed by atoms with Gasteiger partial charge in [0.1, 0.15) is 0 Å². The highest BCUT2D eigenvalue weighted by molar-refractivity contribution is 7.26. The molecule has 0 fully saturated rings. The Morgan fingerprint density at radius 1 is 0.529 bits per heavy atom. The summed E-state index contributed by atoms with van der Waals surface area (Å²) in [5, 5.41) is 7.53. The zero-order valence-electron chi connectivity index (χ0n) is 28.2. The van der Waals surface area contributed by atoms with Crippen molar-refractivity contribution in [3.63, 3.8) is 0 Å². The number of para-hydroxylation sites is 2. The molecule has 2 aromatic heterocycles. The van der Waals surface area contributed by atoms with Crippen LogP contribution in [0.3, 0.4) is 0 Å². The van der Waals surface area contributed by atoms with Crippen LogP contribution in [0.5, 0.6) is 0 Å². The van der Waals surface area contributed by atoms with Crippen LogP contribution in [-0.2, 0) is 0 Å². The Bertz CT molecular complexity index is 2990. The van der Waals surface area contributed by atoms with Gasteiger partial charge in [-0.2, -0.15) is 0 Å². The van der Waals surface area contributed by atoms with Crippen LogP contribution < -0.4 is 0 Å². The number of rotatable bonds is 5. The first-order valence-electron chi connectivity index (χ1n) is 17.5. The lowest BCUT2D eigenvalue weighted by Gasteiger charge is -2.19. The van der Waals surface area contributed by atoms with E-state index in [0.717, 1.165) is 11.1 Å². The third-order valence-electron chi connectivity index (χ3n) is 10.5. The van der Waals surface area contributed by atoms with Crippen molar-refractivity contribution in [2.75, 3.05) is 0 Å². The third-order valence-corrected chi connectivity index (χ3v) is 11.7. The summed E-state index contributed by atoms with van der Waals surface area (Å²) in [7, 11) is 0. The Morgan fingerprint density at radius 3 is 2.10 bits per heavy atom. The van der Waals surface area contributed by atoms with Crippen LogP contribution in [-0.4, -0.2) is 4.57 Å². The predicted molar refractivity (Wildman–Crippen MR) is 221 cm³/mol. The molecule has 0 unspecified atom stereocenters. The van der Waals surface area contributed by atoms with E-state index in [9.17, 15) is 0 Å². The number of nitrogens with zero attached hydrogens (tertiary/aromatic N) is 1. The van der Waals surface area contributed by atoms with E-state index in [1.165, 1.54) is 91.8 Å². The lowest BCUT2D eigenvalue weighted by molar-refractivity contribution is 1.18. The summed E-state index contributed by atoms with van der Waals surface area (Å²) in [4.78, 5) is 0. The normalized spacial score (nSPS) is 11.7. The van der Waals surface area contributed by atoms with Crippen LogP contribution in [0.15, 0.2) is 176 Å².